The lowest BCUT2D eigenvalue weighted by Gasteiger charge is -2.56. The molecule has 2 atom stereocenters. The molecule has 0 aromatic heterocycles. The minimum absolute atomic E-state index is 0.0342. The van der Waals surface area contributed by atoms with E-state index in [1.807, 2.05) is 23.6 Å². The van der Waals surface area contributed by atoms with Gasteiger partial charge in [0.2, 0.25) is 0 Å². The first-order valence-electron chi connectivity index (χ1n) is 13.2. The van der Waals surface area contributed by atoms with Gasteiger partial charge in [0.1, 0.15) is 0 Å². The average Bonchev–Trinajstić information content (AvgIpc) is 2.78. The van der Waals surface area contributed by atoms with Gasteiger partial charge in [-0.1, -0.05) is 19.8 Å². The molecule has 8 N–H and O–H groups in total. The van der Waals surface area contributed by atoms with Gasteiger partial charge in [-0.3, -0.25) is 16.1 Å². The molecule has 1 fully saturated rings. The SMILES string of the molecule is CCCCC(CNCCNCCCN)C(N)(N1N=CC=CN1)N(C)C1CC(C)(C)NC(C)(C)C1. The van der Waals surface area contributed by atoms with E-state index in [2.05, 4.69) is 73.0 Å². The largest absolute Gasteiger partial charge is 0.330 e. The standard InChI is InChI=1S/C25H53N9/c1-7-8-11-21(20-29-17-16-28-13-9-12-26)25(27,34-30-14-10-15-31-34)33(6)22-18-23(2,3)32-24(4,5)19-22/h10,14-15,21-22,28-30,32H,7-9,11-13,16-20,26-27H2,1-6H3. The Morgan fingerprint density at radius 2 is 1.82 bits per heavy atom. The molecule has 2 aliphatic heterocycles. The van der Waals surface area contributed by atoms with Gasteiger partial charge >= 0.3 is 0 Å². The monoisotopic (exact) mass is 479 g/mol. The number of allylic oxidation sites excluding steroid dienone is 1. The smallest absolute Gasteiger partial charge is 0.187 e. The molecule has 0 aliphatic carbocycles. The van der Waals surface area contributed by atoms with Crippen molar-refractivity contribution >= 4 is 6.21 Å². The third-order valence-electron chi connectivity index (χ3n) is 7.12. The maximum atomic E-state index is 7.44. The van der Waals surface area contributed by atoms with Crippen LogP contribution in [-0.4, -0.2) is 78.9 Å². The van der Waals surface area contributed by atoms with E-state index in [0.29, 0.717) is 6.04 Å². The molecule has 198 valence electrons. The Balaban J connectivity index is 2.23. The van der Waals surface area contributed by atoms with Gasteiger partial charge in [0.25, 0.3) is 0 Å². The second-order valence-corrected chi connectivity index (χ2v) is 11.3. The number of hydrazone groups is 1. The summed E-state index contributed by atoms with van der Waals surface area (Å²) in [6.07, 6.45) is 12.0. The van der Waals surface area contributed by atoms with Crippen LogP contribution in [0.5, 0.6) is 0 Å². The van der Waals surface area contributed by atoms with Gasteiger partial charge in [-0.15, -0.1) is 0 Å². The second-order valence-electron chi connectivity index (χ2n) is 11.3. The van der Waals surface area contributed by atoms with E-state index in [-0.39, 0.29) is 17.0 Å². The van der Waals surface area contributed by atoms with Gasteiger partial charge in [-0.05, 0) is 79.6 Å². The summed E-state index contributed by atoms with van der Waals surface area (Å²) in [4.78, 5) is 2.39. The molecule has 0 radical (unpaired) electrons. The van der Waals surface area contributed by atoms with Crippen LogP contribution < -0.4 is 32.8 Å². The molecule has 0 aromatic carbocycles. The van der Waals surface area contributed by atoms with Crippen LogP contribution in [0.4, 0.5) is 0 Å². The summed E-state index contributed by atoms with van der Waals surface area (Å²) in [5, 5.41) is 17.5. The summed E-state index contributed by atoms with van der Waals surface area (Å²) in [5.74, 6) is -0.608. The predicted octanol–water partition coefficient (Wildman–Crippen LogP) is 1.49. The number of hydrogen-bond acceptors (Lipinski definition) is 9. The fourth-order valence-corrected chi connectivity index (χ4v) is 5.66. The van der Waals surface area contributed by atoms with E-state index in [1.165, 1.54) is 0 Å². The van der Waals surface area contributed by atoms with Gasteiger partial charge in [0.05, 0.1) is 6.21 Å². The van der Waals surface area contributed by atoms with Crippen LogP contribution in [0.2, 0.25) is 0 Å². The molecule has 2 aliphatic rings. The Morgan fingerprint density at radius 3 is 2.41 bits per heavy atom. The second kappa shape index (κ2) is 13.2. The summed E-state index contributed by atoms with van der Waals surface area (Å²) in [5.41, 5.74) is 16.4. The molecule has 2 rings (SSSR count). The van der Waals surface area contributed by atoms with Crippen LogP contribution in [0.15, 0.2) is 17.4 Å². The van der Waals surface area contributed by atoms with Crippen LogP contribution >= 0.6 is 0 Å². The Bertz CT molecular complexity index is 632. The highest BCUT2D eigenvalue weighted by Gasteiger charge is 2.50. The van der Waals surface area contributed by atoms with Crippen LogP contribution in [0.1, 0.15) is 73.1 Å². The molecule has 0 amide bonds. The molecule has 0 spiro atoms. The molecule has 1 saturated heterocycles. The molecular formula is C25H53N9. The highest BCUT2D eigenvalue weighted by atomic mass is 15.8. The minimum Gasteiger partial charge on any atom is -0.330 e. The van der Waals surface area contributed by atoms with Crippen LogP contribution in [-0.2, 0) is 0 Å². The summed E-state index contributed by atoms with van der Waals surface area (Å²) in [7, 11) is 2.19. The first kappa shape index (κ1) is 29.0. The zero-order valence-electron chi connectivity index (χ0n) is 22.7. The average molecular weight is 480 g/mol. The molecular weight excluding hydrogens is 426 g/mol. The van der Waals surface area contributed by atoms with E-state index in [0.717, 1.165) is 71.2 Å². The number of piperidine rings is 1. The summed E-state index contributed by atoms with van der Waals surface area (Å²) < 4.78 is 0. The number of nitrogens with one attached hydrogen (secondary N) is 4. The van der Waals surface area contributed by atoms with Gasteiger partial charge in [0, 0.05) is 48.9 Å². The normalized spacial score (nSPS) is 22.6. The summed E-state index contributed by atoms with van der Waals surface area (Å²) >= 11 is 0. The maximum absolute atomic E-state index is 7.44. The number of unbranched alkanes of at least 4 members (excludes halogenated alkanes) is 1. The zero-order chi connectivity index (χ0) is 25.2. The van der Waals surface area contributed by atoms with Crippen molar-refractivity contribution in [1.82, 2.24) is 31.4 Å². The van der Waals surface area contributed by atoms with E-state index in [9.17, 15) is 0 Å². The van der Waals surface area contributed by atoms with Crippen LogP contribution in [0, 0.1) is 5.92 Å². The molecule has 0 aromatic rings. The molecule has 9 nitrogen and oxygen atoms in total. The highest BCUT2D eigenvalue weighted by molar-refractivity contribution is 5.71. The highest BCUT2D eigenvalue weighted by Crippen LogP contribution is 2.36. The molecule has 9 heteroatoms. The summed E-state index contributed by atoms with van der Waals surface area (Å²) in [6.45, 7) is 15.7. The quantitative estimate of drug-likeness (QED) is 0.154. The number of nitrogens with zero attached hydrogens (tertiary/aromatic N) is 3. The number of nitrogens with two attached hydrogens (primary N) is 2. The zero-order valence-corrected chi connectivity index (χ0v) is 22.7. The van der Waals surface area contributed by atoms with E-state index in [4.69, 9.17) is 11.5 Å². The van der Waals surface area contributed by atoms with Crippen molar-refractivity contribution in [1.29, 1.82) is 0 Å². The van der Waals surface area contributed by atoms with Crippen LogP contribution in [0.25, 0.3) is 0 Å². The van der Waals surface area contributed by atoms with Crippen molar-refractivity contribution in [3.8, 4) is 0 Å². The van der Waals surface area contributed by atoms with Gasteiger partial charge in [-0.25, -0.2) is 0 Å². The Morgan fingerprint density at radius 1 is 1.15 bits per heavy atom. The topological polar surface area (TPSA) is 119 Å². The van der Waals surface area contributed by atoms with Crippen molar-refractivity contribution < 1.29 is 0 Å². The molecule has 0 saturated carbocycles. The van der Waals surface area contributed by atoms with Crippen molar-refractivity contribution in [3.63, 3.8) is 0 Å². The van der Waals surface area contributed by atoms with E-state index < -0.39 is 5.79 Å². The van der Waals surface area contributed by atoms with Gasteiger partial charge in [0.15, 0.2) is 5.79 Å². The predicted molar refractivity (Wildman–Crippen MR) is 144 cm³/mol. The minimum atomic E-state index is -0.787. The van der Waals surface area contributed by atoms with E-state index in [1.54, 1.807) is 0 Å². The molecule has 2 unspecified atom stereocenters. The van der Waals surface area contributed by atoms with Crippen molar-refractivity contribution in [3.05, 3.63) is 12.3 Å². The molecule has 2 heterocycles. The van der Waals surface area contributed by atoms with Gasteiger partial charge < -0.3 is 21.7 Å². The van der Waals surface area contributed by atoms with Crippen LogP contribution in [0.3, 0.4) is 0 Å². The number of hydrazine groups is 1. The third kappa shape index (κ3) is 8.17. The third-order valence-corrected chi connectivity index (χ3v) is 7.12. The number of hydrogen-bond donors (Lipinski definition) is 6. The van der Waals surface area contributed by atoms with Gasteiger partial charge in [-0.2, -0.15) is 10.2 Å². The Hall–Kier alpha value is -1.23. The Labute approximate surface area is 208 Å². The first-order valence-corrected chi connectivity index (χ1v) is 13.2. The molecule has 0 bridgehead atoms. The maximum Gasteiger partial charge on any atom is 0.187 e. The Kier molecular flexibility index (Phi) is 11.2. The lowest BCUT2D eigenvalue weighted by molar-refractivity contribution is -0.138. The lowest BCUT2D eigenvalue weighted by atomic mass is 9.78. The number of rotatable bonds is 15. The van der Waals surface area contributed by atoms with Crippen molar-refractivity contribution in [2.24, 2.45) is 22.5 Å². The first-order chi connectivity index (χ1) is 16.1. The summed E-state index contributed by atoms with van der Waals surface area (Å²) in [6, 6.07) is 0.321. The fourth-order valence-electron chi connectivity index (χ4n) is 5.66. The van der Waals surface area contributed by atoms with E-state index >= 15 is 0 Å². The molecule has 34 heavy (non-hydrogen) atoms. The fraction of sp³-hybridized carbons (Fsp3) is 0.880. The van der Waals surface area contributed by atoms with Crippen molar-refractivity contribution in [2.45, 2.75) is 96.1 Å². The lowest BCUT2D eigenvalue weighted by Crippen LogP contribution is -2.75. The van der Waals surface area contributed by atoms with Crippen molar-refractivity contribution in [2.75, 3.05) is 39.8 Å².